The second-order valence-corrected chi connectivity index (χ2v) is 6.87. The highest BCUT2D eigenvalue weighted by Crippen LogP contribution is 2.34. The highest BCUT2D eigenvalue weighted by Gasteiger charge is 2.28. The van der Waals surface area contributed by atoms with Gasteiger partial charge in [0.15, 0.2) is 5.82 Å². The molecule has 0 spiro atoms. The van der Waals surface area contributed by atoms with Crippen LogP contribution >= 0.6 is 0 Å². The van der Waals surface area contributed by atoms with E-state index in [1.54, 1.807) is 0 Å². The van der Waals surface area contributed by atoms with Crippen molar-refractivity contribution in [3.8, 4) is 5.82 Å². The van der Waals surface area contributed by atoms with Gasteiger partial charge in [-0.1, -0.05) is 18.2 Å². The molecule has 120 valence electrons. The third-order valence-electron chi connectivity index (χ3n) is 5.03. The maximum Gasteiger partial charge on any atom is 0.153 e. The number of hydrogen-bond donors (Lipinski definition) is 1. The highest BCUT2D eigenvalue weighted by atomic mass is 15.3. The Bertz CT molecular complexity index is 712. The van der Waals surface area contributed by atoms with Crippen LogP contribution in [0.25, 0.3) is 5.82 Å². The number of nitrogens with one attached hydrogen (secondary N) is 1. The Morgan fingerprint density at radius 2 is 2.09 bits per heavy atom. The van der Waals surface area contributed by atoms with Crippen LogP contribution in [0.5, 0.6) is 0 Å². The summed E-state index contributed by atoms with van der Waals surface area (Å²) in [4.78, 5) is 4.43. The molecule has 4 heteroatoms. The fraction of sp³-hybridized carbons (Fsp3) is 0.474. The Morgan fingerprint density at radius 1 is 1.22 bits per heavy atom. The molecule has 0 aromatic carbocycles. The molecule has 1 fully saturated rings. The van der Waals surface area contributed by atoms with Gasteiger partial charge in [-0.2, -0.15) is 5.10 Å². The molecule has 2 heterocycles. The zero-order chi connectivity index (χ0) is 15.8. The van der Waals surface area contributed by atoms with E-state index in [0.717, 1.165) is 23.9 Å². The Morgan fingerprint density at radius 3 is 2.83 bits per heavy atom. The molecule has 2 unspecified atom stereocenters. The van der Waals surface area contributed by atoms with Crippen LogP contribution in [0.1, 0.15) is 42.1 Å². The standard InChI is InChI=1S/C19H24N4/c1-13-19(14(2)23(22-13)18-5-3-4-10-20-18)16-8-9-17(11-16)21-12-15-6-7-15/h3-5,8-10,15-17,21H,6-7,11-12H2,1-2H3. The summed E-state index contributed by atoms with van der Waals surface area (Å²) in [5.41, 5.74) is 3.69. The van der Waals surface area contributed by atoms with Crippen LogP contribution in [0, 0.1) is 19.8 Å². The quantitative estimate of drug-likeness (QED) is 0.862. The van der Waals surface area contributed by atoms with E-state index in [1.165, 1.54) is 30.6 Å². The lowest BCUT2D eigenvalue weighted by Crippen LogP contribution is -2.28. The Balaban J connectivity index is 1.53. The minimum atomic E-state index is 0.462. The maximum atomic E-state index is 4.73. The van der Waals surface area contributed by atoms with Crippen molar-refractivity contribution in [1.82, 2.24) is 20.1 Å². The first-order valence-corrected chi connectivity index (χ1v) is 8.61. The summed E-state index contributed by atoms with van der Waals surface area (Å²) in [6, 6.07) is 6.46. The molecule has 23 heavy (non-hydrogen) atoms. The van der Waals surface area contributed by atoms with Crippen molar-refractivity contribution < 1.29 is 0 Å². The second kappa shape index (κ2) is 5.93. The molecule has 0 aliphatic heterocycles. The topological polar surface area (TPSA) is 42.7 Å². The molecule has 0 amide bonds. The molecule has 2 aromatic rings. The molecule has 2 aliphatic rings. The number of nitrogens with zero attached hydrogens (tertiary/aromatic N) is 3. The number of pyridine rings is 1. The summed E-state index contributed by atoms with van der Waals surface area (Å²) >= 11 is 0. The van der Waals surface area contributed by atoms with Gasteiger partial charge in [-0.15, -0.1) is 0 Å². The van der Waals surface area contributed by atoms with Gasteiger partial charge in [-0.25, -0.2) is 9.67 Å². The van der Waals surface area contributed by atoms with E-state index in [9.17, 15) is 0 Å². The van der Waals surface area contributed by atoms with Crippen LogP contribution in [-0.2, 0) is 0 Å². The van der Waals surface area contributed by atoms with E-state index in [2.05, 4.69) is 36.3 Å². The maximum absolute atomic E-state index is 4.73. The number of aryl methyl sites for hydroxylation is 1. The van der Waals surface area contributed by atoms with Gasteiger partial charge in [0, 0.05) is 29.4 Å². The molecule has 0 saturated heterocycles. The van der Waals surface area contributed by atoms with Crippen LogP contribution in [0.2, 0.25) is 0 Å². The normalized spacial score (nSPS) is 23.6. The summed E-state index contributed by atoms with van der Waals surface area (Å²) in [6.07, 6.45) is 10.5. The summed E-state index contributed by atoms with van der Waals surface area (Å²) in [5, 5.41) is 8.43. The molecular formula is C19H24N4. The molecule has 2 atom stereocenters. The molecular weight excluding hydrogens is 284 g/mol. The second-order valence-electron chi connectivity index (χ2n) is 6.87. The van der Waals surface area contributed by atoms with Gasteiger partial charge in [-0.3, -0.25) is 0 Å². The lowest BCUT2D eigenvalue weighted by atomic mass is 9.96. The Hall–Kier alpha value is -1.94. The summed E-state index contributed by atoms with van der Waals surface area (Å²) in [5.74, 6) is 2.28. The Kier molecular flexibility index (Phi) is 3.77. The molecule has 4 nitrogen and oxygen atoms in total. The third kappa shape index (κ3) is 2.95. The zero-order valence-electron chi connectivity index (χ0n) is 13.9. The minimum Gasteiger partial charge on any atom is -0.310 e. The largest absolute Gasteiger partial charge is 0.310 e. The molecule has 1 saturated carbocycles. The average Bonchev–Trinajstić information content (AvgIpc) is 3.21. The van der Waals surface area contributed by atoms with Crippen LogP contribution in [0.15, 0.2) is 36.5 Å². The van der Waals surface area contributed by atoms with Crippen molar-refractivity contribution in [2.75, 3.05) is 6.54 Å². The van der Waals surface area contributed by atoms with Crippen LogP contribution in [-0.4, -0.2) is 27.4 Å². The summed E-state index contributed by atoms with van der Waals surface area (Å²) < 4.78 is 1.98. The van der Waals surface area contributed by atoms with Crippen LogP contribution < -0.4 is 5.32 Å². The van der Waals surface area contributed by atoms with Gasteiger partial charge < -0.3 is 5.32 Å². The van der Waals surface area contributed by atoms with Crippen LogP contribution in [0.4, 0.5) is 0 Å². The number of hydrogen-bond acceptors (Lipinski definition) is 3. The van der Waals surface area contributed by atoms with Crippen molar-refractivity contribution in [1.29, 1.82) is 0 Å². The van der Waals surface area contributed by atoms with E-state index in [4.69, 9.17) is 5.10 Å². The van der Waals surface area contributed by atoms with E-state index in [-0.39, 0.29) is 0 Å². The molecule has 0 radical (unpaired) electrons. The first-order valence-electron chi connectivity index (χ1n) is 8.61. The number of allylic oxidation sites excluding steroid dienone is 1. The van der Waals surface area contributed by atoms with Gasteiger partial charge in [0.25, 0.3) is 0 Å². The van der Waals surface area contributed by atoms with Gasteiger partial charge in [0.05, 0.1) is 5.69 Å². The average molecular weight is 308 g/mol. The lowest BCUT2D eigenvalue weighted by molar-refractivity contribution is 0.539. The number of rotatable bonds is 5. The Labute approximate surface area is 137 Å². The summed E-state index contributed by atoms with van der Waals surface area (Å²) in [6.45, 7) is 5.44. The molecule has 2 aromatic heterocycles. The highest BCUT2D eigenvalue weighted by molar-refractivity contribution is 5.38. The zero-order valence-corrected chi connectivity index (χ0v) is 13.9. The summed E-state index contributed by atoms with van der Waals surface area (Å²) in [7, 11) is 0. The molecule has 2 aliphatic carbocycles. The SMILES string of the molecule is Cc1nn(-c2ccccn2)c(C)c1C1C=CC(NCC2CC2)C1. The third-order valence-corrected chi connectivity index (χ3v) is 5.03. The minimum absolute atomic E-state index is 0.462. The lowest BCUT2D eigenvalue weighted by Gasteiger charge is -2.14. The smallest absolute Gasteiger partial charge is 0.153 e. The fourth-order valence-electron chi connectivity index (χ4n) is 3.60. The molecule has 4 rings (SSSR count). The monoisotopic (exact) mass is 308 g/mol. The van der Waals surface area contributed by atoms with E-state index in [1.807, 2.05) is 29.1 Å². The van der Waals surface area contributed by atoms with Crippen molar-refractivity contribution in [3.63, 3.8) is 0 Å². The van der Waals surface area contributed by atoms with Gasteiger partial charge in [0.1, 0.15) is 0 Å². The van der Waals surface area contributed by atoms with E-state index < -0.39 is 0 Å². The molecule has 0 bridgehead atoms. The fourth-order valence-corrected chi connectivity index (χ4v) is 3.60. The molecule has 1 N–H and O–H groups in total. The van der Waals surface area contributed by atoms with Crippen molar-refractivity contribution in [2.45, 2.75) is 45.1 Å². The van der Waals surface area contributed by atoms with Crippen molar-refractivity contribution >= 4 is 0 Å². The van der Waals surface area contributed by atoms with Crippen molar-refractivity contribution in [3.05, 3.63) is 53.5 Å². The van der Waals surface area contributed by atoms with E-state index >= 15 is 0 Å². The number of aromatic nitrogens is 3. The first-order chi connectivity index (χ1) is 11.2. The van der Waals surface area contributed by atoms with Gasteiger partial charge in [0.2, 0.25) is 0 Å². The first kappa shape index (κ1) is 14.6. The predicted molar refractivity (Wildman–Crippen MR) is 91.8 cm³/mol. The van der Waals surface area contributed by atoms with E-state index in [0.29, 0.717) is 12.0 Å². The van der Waals surface area contributed by atoms with Gasteiger partial charge in [-0.05, 0) is 57.7 Å². The predicted octanol–water partition coefficient (Wildman–Crippen LogP) is 3.30. The van der Waals surface area contributed by atoms with Gasteiger partial charge >= 0.3 is 0 Å². The van der Waals surface area contributed by atoms with Crippen molar-refractivity contribution in [2.24, 2.45) is 5.92 Å². The van der Waals surface area contributed by atoms with Crippen LogP contribution in [0.3, 0.4) is 0 Å².